The maximum atomic E-state index is 14.1. The molecular formula is C26H22N4O4. The zero-order valence-electron chi connectivity index (χ0n) is 18.7. The van der Waals surface area contributed by atoms with Crippen LogP contribution in [0.2, 0.25) is 0 Å². The zero-order chi connectivity index (χ0) is 23.6. The molecule has 6 rings (SSSR count). The molecule has 0 aromatic heterocycles. The smallest absolute Gasteiger partial charge is 0.274 e. The van der Waals surface area contributed by atoms with Crippen LogP contribution in [0, 0.1) is 0 Å². The SMILES string of the molecule is COC1(OC)C2(c3ccccc3)N=NC1(c1ccccc1)N1C(=O)C(c3ccccc3)C(=O)N12. The van der Waals surface area contributed by atoms with E-state index in [1.807, 2.05) is 78.9 Å². The van der Waals surface area contributed by atoms with Gasteiger partial charge in [0, 0.05) is 25.3 Å². The normalized spacial score (nSPS) is 28.6. The summed E-state index contributed by atoms with van der Waals surface area (Å²) in [7, 11) is 2.98. The first-order valence-corrected chi connectivity index (χ1v) is 11.0. The van der Waals surface area contributed by atoms with E-state index in [4.69, 9.17) is 19.7 Å². The number of ether oxygens (including phenoxy) is 2. The van der Waals surface area contributed by atoms with E-state index in [9.17, 15) is 9.59 Å². The van der Waals surface area contributed by atoms with Crippen molar-refractivity contribution in [2.45, 2.75) is 23.0 Å². The zero-order valence-corrected chi connectivity index (χ0v) is 18.7. The van der Waals surface area contributed by atoms with Crippen LogP contribution < -0.4 is 0 Å². The molecule has 3 aliphatic heterocycles. The molecule has 3 aromatic rings. The van der Waals surface area contributed by atoms with E-state index >= 15 is 0 Å². The lowest BCUT2D eigenvalue weighted by atomic mass is 9.80. The van der Waals surface area contributed by atoms with Crippen LogP contribution in [-0.2, 0) is 30.4 Å². The number of nitrogens with zero attached hydrogens (tertiary/aromatic N) is 4. The van der Waals surface area contributed by atoms with Crippen LogP contribution in [0.4, 0.5) is 0 Å². The Labute approximate surface area is 196 Å². The van der Waals surface area contributed by atoms with Crippen molar-refractivity contribution in [2.24, 2.45) is 10.2 Å². The molecule has 2 fully saturated rings. The van der Waals surface area contributed by atoms with Gasteiger partial charge in [-0.2, -0.15) is 0 Å². The Kier molecular flexibility index (Phi) is 4.30. The summed E-state index contributed by atoms with van der Waals surface area (Å²) in [5, 5.41) is 12.2. The first kappa shape index (κ1) is 20.7. The molecule has 2 amide bonds. The largest absolute Gasteiger partial charge is 0.345 e. The van der Waals surface area contributed by atoms with Crippen molar-refractivity contribution in [2.75, 3.05) is 14.2 Å². The predicted molar refractivity (Wildman–Crippen MR) is 121 cm³/mol. The van der Waals surface area contributed by atoms with Crippen LogP contribution in [0.3, 0.4) is 0 Å². The number of amides is 2. The average molecular weight is 454 g/mol. The van der Waals surface area contributed by atoms with Gasteiger partial charge in [0.05, 0.1) is 0 Å². The highest BCUT2D eigenvalue weighted by molar-refractivity contribution is 6.11. The minimum Gasteiger partial charge on any atom is -0.345 e. The van der Waals surface area contributed by atoms with E-state index in [0.717, 1.165) is 0 Å². The van der Waals surface area contributed by atoms with Crippen molar-refractivity contribution in [1.82, 2.24) is 10.0 Å². The minimum atomic E-state index is -1.63. The highest BCUT2D eigenvalue weighted by atomic mass is 16.7. The molecule has 0 N–H and O–H groups in total. The van der Waals surface area contributed by atoms with Crippen molar-refractivity contribution < 1.29 is 19.1 Å². The van der Waals surface area contributed by atoms with Crippen molar-refractivity contribution >= 4 is 11.8 Å². The predicted octanol–water partition coefficient (Wildman–Crippen LogP) is 3.53. The highest BCUT2D eigenvalue weighted by Crippen LogP contribution is 2.68. The number of methoxy groups -OCH3 is 2. The quantitative estimate of drug-likeness (QED) is 0.436. The van der Waals surface area contributed by atoms with Crippen molar-refractivity contribution in [1.29, 1.82) is 0 Å². The molecule has 0 radical (unpaired) electrons. The summed E-state index contributed by atoms with van der Waals surface area (Å²) >= 11 is 0. The Morgan fingerprint density at radius 1 is 0.647 bits per heavy atom. The number of rotatable bonds is 5. The van der Waals surface area contributed by atoms with Gasteiger partial charge >= 0.3 is 0 Å². The van der Waals surface area contributed by atoms with Crippen LogP contribution >= 0.6 is 0 Å². The molecule has 2 saturated heterocycles. The maximum Gasteiger partial charge on any atom is 0.274 e. The number of carbonyl (C=O) groups excluding carboxylic acids is 2. The average Bonchev–Trinajstić information content (AvgIpc) is 3.44. The summed E-state index contributed by atoms with van der Waals surface area (Å²) in [5.41, 5.74) is -1.25. The molecule has 170 valence electrons. The molecule has 0 aliphatic carbocycles. The Morgan fingerprint density at radius 3 is 1.41 bits per heavy atom. The van der Waals surface area contributed by atoms with Gasteiger partial charge in [0.15, 0.2) is 0 Å². The molecule has 3 aromatic carbocycles. The number of carbonyl (C=O) groups is 2. The molecule has 34 heavy (non-hydrogen) atoms. The second-order valence-corrected chi connectivity index (χ2v) is 8.45. The first-order valence-electron chi connectivity index (χ1n) is 11.0. The number of hydrogen-bond acceptors (Lipinski definition) is 6. The standard InChI is InChI=1S/C26H22N4O4/c1-33-26(34-2)24(19-14-8-4-9-15-19)27-28-25(26,20-16-10-5-11-17-20)30-23(32)21(22(31)29(24)30)18-12-6-3-7-13-18/h3-17,21H,1-2H3. The van der Waals surface area contributed by atoms with Gasteiger partial charge in [0.1, 0.15) is 5.92 Å². The Morgan fingerprint density at radius 2 is 1.03 bits per heavy atom. The van der Waals surface area contributed by atoms with Gasteiger partial charge in [-0.1, -0.05) is 91.0 Å². The van der Waals surface area contributed by atoms with Gasteiger partial charge in [-0.15, -0.1) is 10.2 Å². The lowest BCUT2D eigenvalue weighted by Crippen LogP contribution is -2.61. The molecule has 3 aliphatic rings. The molecular weight excluding hydrogens is 432 g/mol. The number of hydrazine groups is 1. The molecule has 8 heteroatoms. The minimum absolute atomic E-state index is 0.407. The van der Waals surface area contributed by atoms with Crippen LogP contribution in [-0.4, -0.2) is 41.8 Å². The fourth-order valence-electron chi connectivity index (χ4n) is 5.70. The van der Waals surface area contributed by atoms with Crippen molar-refractivity contribution in [3.8, 4) is 0 Å². The fourth-order valence-corrected chi connectivity index (χ4v) is 5.70. The highest BCUT2D eigenvalue weighted by Gasteiger charge is 2.88. The number of azo groups is 1. The number of hydrogen-bond donors (Lipinski definition) is 0. The summed E-state index contributed by atoms with van der Waals surface area (Å²) in [6, 6.07) is 27.5. The summed E-state index contributed by atoms with van der Waals surface area (Å²) in [4.78, 5) is 28.2. The summed E-state index contributed by atoms with van der Waals surface area (Å²) < 4.78 is 12.3. The van der Waals surface area contributed by atoms with Crippen LogP contribution in [0.15, 0.2) is 101 Å². The van der Waals surface area contributed by atoms with E-state index in [2.05, 4.69) is 0 Å². The molecule has 8 nitrogen and oxygen atoms in total. The van der Waals surface area contributed by atoms with E-state index in [1.165, 1.54) is 24.2 Å². The van der Waals surface area contributed by atoms with Crippen LogP contribution in [0.1, 0.15) is 22.6 Å². The molecule has 3 heterocycles. The maximum absolute atomic E-state index is 14.1. The lowest BCUT2D eigenvalue weighted by Gasteiger charge is -2.41. The fraction of sp³-hybridized carbons (Fsp3) is 0.231. The third kappa shape index (κ3) is 2.11. The van der Waals surface area contributed by atoms with Gasteiger partial charge in [0.2, 0.25) is 0 Å². The van der Waals surface area contributed by atoms with E-state index in [-0.39, 0.29) is 0 Å². The Bertz CT molecular complexity index is 1220. The van der Waals surface area contributed by atoms with E-state index < -0.39 is 34.8 Å². The summed E-state index contributed by atoms with van der Waals surface area (Å²) in [6.45, 7) is 0. The number of benzene rings is 3. The lowest BCUT2D eigenvalue weighted by molar-refractivity contribution is -0.271. The summed E-state index contributed by atoms with van der Waals surface area (Å²) in [6.07, 6.45) is 0. The van der Waals surface area contributed by atoms with Crippen LogP contribution in [0.5, 0.6) is 0 Å². The van der Waals surface area contributed by atoms with E-state index in [1.54, 1.807) is 12.1 Å². The van der Waals surface area contributed by atoms with E-state index in [0.29, 0.717) is 16.7 Å². The third-order valence-corrected chi connectivity index (χ3v) is 7.04. The topological polar surface area (TPSA) is 83.8 Å². The van der Waals surface area contributed by atoms with Gasteiger partial charge in [-0.05, 0) is 5.56 Å². The van der Waals surface area contributed by atoms with Gasteiger partial charge in [0.25, 0.3) is 28.9 Å². The van der Waals surface area contributed by atoms with Gasteiger partial charge in [-0.3, -0.25) is 9.59 Å². The van der Waals surface area contributed by atoms with Gasteiger partial charge in [-0.25, -0.2) is 10.0 Å². The van der Waals surface area contributed by atoms with Crippen LogP contribution in [0.25, 0.3) is 0 Å². The second kappa shape index (κ2) is 7.06. The second-order valence-electron chi connectivity index (χ2n) is 8.45. The van der Waals surface area contributed by atoms with Crippen molar-refractivity contribution in [3.63, 3.8) is 0 Å². The Balaban J connectivity index is 1.69. The monoisotopic (exact) mass is 454 g/mol. The molecule has 2 atom stereocenters. The van der Waals surface area contributed by atoms with Crippen molar-refractivity contribution in [3.05, 3.63) is 108 Å². The molecule has 2 bridgehead atoms. The third-order valence-electron chi connectivity index (χ3n) is 7.04. The molecule has 0 saturated carbocycles. The molecule has 2 unspecified atom stereocenters. The summed E-state index contributed by atoms with van der Waals surface area (Å²) in [5.74, 6) is -3.47. The Hall–Kier alpha value is -3.88. The molecule has 0 spiro atoms. The first-order chi connectivity index (χ1) is 16.6. The number of fused-ring (bicyclic) bond motifs is 5. The van der Waals surface area contributed by atoms with Gasteiger partial charge < -0.3 is 9.47 Å².